The molecule has 0 unspecified atom stereocenters. The maximum atomic E-state index is 12.2. The standard InChI is InChI=1S/C13H14ClN3O2S/c1-9(2)10-3-5-11(6-4-10)20(18,19)17-13-8-7-12(14)15-16-13/h3-9H,1-2H3,(H,16,17). The van der Waals surface area contributed by atoms with Crippen LogP contribution in [-0.4, -0.2) is 18.6 Å². The number of aromatic nitrogens is 2. The van der Waals surface area contributed by atoms with Gasteiger partial charge in [-0.3, -0.25) is 4.72 Å². The van der Waals surface area contributed by atoms with Crippen LogP contribution in [0.4, 0.5) is 5.82 Å². The lowest BCUT2D eigenvalue weighted by Gasteiger charge is -2.09. The molecule has 5 nitrogen and oxygen atoms in total. The zero-order valence-electron chi connectivity index (χ0n) is 11.0. The number of halogens is 1. The molecule has 0 aliphatic carbocycles. The van der Waals surface area contributed by atoms with Gasteiger partial charge in [0.2, 0.25) is 0 Å². The zero-order chi connectivity index (χ0) is 14.8. The molecule has 0 saturated carbocycles. The summed E-state index contributed by atoms with van der Waals surface area (Å²) in [6, 6.07) is 9.66. The minimum absolute atomic E-state index is 0.127. The van der Waals surface area contributed by atoms with Gasteiger partial charge in [-0.15, -0.1) is 10.2 Å². The van der Waals surface area contributed by atoms with E-state index in [4.69, 9.17) is 11.6 Å². The summed E-state index contributed by atoms with van der Waals surface area (Å²) in [4.78, 5) is 0.179. The summed E-state index contributed by atoms with van der Waals surface area (Å²) in [6.07, 6.45) is 0. The van der Waals surface area contributed by atoms with Crippen LogP contribution >= 0.6 is 11.6 Å². The first kappa shape index (κ1) is 14.7. The molecule has 1 aromatic carbocycles. The highest BCUT2D eigenvalue weighted by Crippen LogP contribution is 2.19. The third-order valence-corrected chi connectivity index (χ3v) is 4.30. The van der Waals surface area contributed by atoms with Crippen LogP contribution < -0.4 is 4.72 Å². The number of nitrogens with one attached hydrogen (secondary N) is 1. The molecule has 1 N–H and O–H groups in total. The molecule has 0 atom stereocenters. The number of nitrogens with zero attached hydrogens (tertiary/aromatic N) is 2. The lowest BCUT2D eigenvalue weighted by atomic mass is 10.0. The molecule has 20 heavy (non-hydrogen) atoms. The van der Waals surface area contributed by atoms with Gasteiger partial charge in [0.1, 0.15) is 0 Å². The van der Waals surface area contributed by atoms with Crippen molar-refractivity contribution in [2.75, 3.05) is 4.72 Å². The first-order chi connectivity index (χ1) is 9.38. The van der Waals surface area contributed by atoms with Crippen LogP contribution in [0.2, 0.25) is 5.15 Å². The van der Waals surface area contributed by atoms with Gasteiger partial charge in [-0.25, -0.2) is 8.42 Å². The van der Waals surface area contributed by atoms with Gasteiger partial charge in [-0.05, 0) is 35.7 Å². The Labute approximate surface area is 123 Å². The highest BCUT2D eigenvalue weighted by atomic mass is 35.5. The van der Waals surface area contributed by atoms with Crippen LogP contribution in [0.3, 0.4) is 0 Å². The van der Waals surface area contributed by atoms with Crippen molar-refractivity contribution in [2.24, 2.45) is 0 Å². The molecule has 0 radical (unpaired) electrons. The normalized spacial score (nSPS) is 11.6. The molecule has 2 rings (SSSR count). The second-order valence-electron chi connectivity index (χ2n) is 4.57. The van der Waals surface area contributed by atoms with Crippen LogP contribution in [0.25, 0.3) is 0 Å². The minimum Gasteiger partial charge on any atom is -0.262 e. The third-order valence-electron chi connectivity index (χ3n) is 2.73. The molecule has 0 spiro atoms. The summed E-state index contributed by atoms with van der Waals surface area (Å²) in [6.45, 7) is 4.09. The Morgan fingerprint density at radius 1 is 1.05 bits per heavy atom. The Hall–Kier alpha value is -1.66. The number of sulfonamides is 1. The average Bonchev–Trinajstić information content (AvgIpc) is 2.41. The van der Waals surface area contributed by atoms with Gasteiger partial charge in [0.05, 0.1) is 4.90 Å². The topological polar surface area (TPSA) is 72.0 Å². The van der Waals surface area contributed by atoms with Gasteiger partial charge >= 0.3 is 0 Å². The van der Waals surface area contributed by atoms with Crippen LogP contribution in [0.5, 0.6) is 0 Å². The van der Waals surface area contributed by atoms with E-state index >= 15 is 0 Å². The Bertz CT molecular complexity index is 683. The number of rotatable bonds is 4. The number of hydrogen-bond donors (Lipinski definition) is 1. The predicted molar refractivity (Wildman–Crippen MR) is 78.4 cm³/mol. The van der Waals surface area contributed by atoms with Crippen molar-refractivity contribution in [3.05, 3.63) is 47.1 Å². The Kier molecular flexibility index (Phi) is 4.25. The molecule has 0 aliphatic heterocycles. The molecule has 0 aliphatic rings. The predicted octanol–water partition coefficient (Wildman–Crippen LogP) is 3.05. The van der Waals surface area contributed by atoms with E-state index in [9.17, 15) is 8.42 Å². The van der Waals surface area contributed by atoms with E-state index in [1.165, 1.54) is 12.1 Å². The Morgan fingerprint density at radius 3 is 2.20 bits per heavy atom. The molecule has 0 fully saturated rings. The number of benzene rings is 1. The van der Waals surface area contributed by atoms with Crippen molar-refractivity contribution in [3.8, 4) is 0 Å². The van der Waals surface area contributed by atoms with Gasteiger partial charge in [-0.1, -0.05) is 37.6 Å². The van der Waals surface area contributed by atoms with Gasteiger partial charge in [-0.2, -0.15) is 0 Å². The average molecular weight is 312 g/mol. The van der Waals surface area contributed by atoms with E-state index in [1.807, 2.05) is 13.8 Å². The second-order valence-corrected chi connectivity index (χ2v) is 6.64. The molecule has 0 bridgehead atoms. The molecule has 1 aromatic heterocycles. The Balaban J connectivity index is 2.23. The summed E-state index contributed by atoms with van der Waals surface area (Å²) in [5.41, 5.74) is 1.08. The Morgan fingerprint density at radius 2 is 1.70 bits per heavy atom. The molecular weight excluding hydrogens is 298 g/mol. The van der Waals surface area contributed by atoms with Gasteiger partial charge in [0, 0.05) is 0 Å². The summed E-state index contributed by atoms with van der Waals surface area (Å²) >= 11 is 5.60. The van der Waals surface area contributed by atoms with E-state index in [0.29, 0.717) is 5.92 Å². The van der Waals surface area contributed by atoms with Crippen molar-refractivity contribution in [1.29, 1.82) is 0 Å². The summed E-state index contributed by atoms with van der Waals surface area (Å²) in [7, 11) is -3.66. The first-order valence-electron chi connectivity index (χ1n) is 6.00. The fourth-order valence-electron chi connectivity index (χ4n) is 1.60. The fourth-order valence-corrected chi connectivity index (χ4v) is 2.70. The SMILES string of the molecule is CC(C)c1ccc(S(=O)(=O)Nc2ccc(Cl)nn2)cc1. The lowest BCUT2D eigenvalue weighted by Crippen LogP contribution is -2.14. The monoisotopic (exact) mass is 311 g/mol. The molecule has 2 aromatic rings. The minimum atomic E-state index is -3.66. The largest absolute Gasteiger partial charge is 0.263 e. The second kappa shape index (κ2) is 5.76. The molecule has 7 heteroatoms. The number of anilines is 1. The highest BCUT2D eigenvalue weighted by Gasteiger charge is 2.15. The molecule has 0 saturated heterocycles. The highest BCUT2D eigenvalue weighted by molar-refractivity contribution is 7.92. The first-order valence-corrected chi connectivity index (χ1v) is 7.86. The summed E-state index contributed by atoms with van der Waals surface area (Å²) in [5.74, 6) is 0.476. The smallest absolute Gasteiger partial charge is 0.262 e. The molecular formula is C13H14ClN3O2S. The summed E-state index contributed by atoms with van der Waals surface area (Å²) in [5, 5.41) is 7.45. The molecule has 106 valence electrons. The maximum Gasteiger partial charge on any atom is 0.263 e. The van der Waals surface area contributed by atoms with Crippen molar-refractivity contribution in [3.63, 3.8) is 0 Å². The van der Waals surface area contributed by atoms with Gasteiger partial charge in [0.15, 0.2) is 11.0 Å². The maximum absolute atomic E-state index is 12.2. The van der Waals surface area contributed by atoms with Gasteiger partial charge in [0.25, 0.3) is 10.0 Å². The van der Waals surface area contributed by atoms with E-state index in [2.05, 4.69) is 14.9 Å². The number of hydrogen-bond acceptors (Lipinski definition) is 4. The van der Waals surface area contributed by atoms with E-state index < -0.39 is 10.0 Å². The summed E-state index contributed by atoms with van der Waals surface area (Å²) < 4.78 is 26.7. The third kappa shape index (κ3) is 3.46. The lowest BCUT2D eigenvalue weighted by molar-refractivity contribution is 0.601. The van der Waals surface area contributed by atoms with Crippen molar-refractivity contribution < 1.29 is 8.42 Å². The van der Waals surface area contributed by atoms with E-state index in [-0.39, 0.29) is 15.9 Å². The quantitative estimate of drug-likeness (QED) is 0.942. The van der Waals surface area contributed by atoms with Crippen molar-refractivity contribution >= 4 is 27.4 Å². The molecule has 1 heterocycles. The molecule has 0 amide bonds. The van der Waals surface area contributed by atoms with Crippen molar-refractivity contribution in [1.82, 2.24) is 10.2 Å². The van der Waals surface area contributed by atoms with Crippen LogP contribution in [-0.2, 0) is 10.0 Å². The fraction of sp³-hybridized carbons (Fsp3) is 0.231. The van der Waals surface area contributed by atoms with Crippen LogP contribution in [0, 0.1) is 0 Å². The van der Waals surface area contributed by atoms with Crippen LogP contribution in [0.1, 0.15) is 25.3 Å². The van der Waals surface area contributed by atoms with Crippen LogP contribution in [0.15, 0.2) is 41.3 Å². The van der Waals surface area contributed by atoms with Gasteiger partial charge < -0.3 is 0 Å². The van der Waals surface area contributed by atoms with E-state index in [1.54, 1.807) is 24.3 Å². The van der Waals surface area contributed by atoms with E-state index in [0.717, 1.165) is 5.56 Å². The van der Waals surface area contributed by atoms with Crippen molar-refractivity contribution in [2.45, 2.75) is 24.7 Å². The zero-order valence-corrected chi connectivity index (χ0v) is 12.6.